The molecule has 0 unspecified atom stereocenters. The number of piperazine rings is 1. The fourth-order valence-electron chi connectivity index (χ4n) is 3.46. The highest BCUT2D eigenvalue weighted by molar-refractivity contribution is 7.89. The lowest BCUT2D eigenvalue weighted by Gasteiger charge is -2.33. The molecule has 33 heavy (non-hydrogen) atoms. The zero-order chi connectivity index (χ0) is 23.6. The molecule has 0 N–H and O–H groups in total. The smallest absolute Gasteiger partial charge is 0.335 e. The Morgan fingerprint density at radius 3 is 2.12 bits per heavy atom. The van der Waals surface area contributed by atoms with Crippen LogP contribution in [0.4, 0.5) is 13.2 Å². The predicted octanol–water partition coefficient (Wildman–Crippen LogP) is 3.31. The molecule has 172 valence electrons. The largest absolute Gasteiger partial charge is 0.416 e. The highest BCUT2D eigenvalue weighted by Gasteiger charge is 2.33. The van der Waals surface area contributed by atoms with Gasteiger partial charge in [-0.05, 0) is 48.5 Å². The van der Waals surface area contributed by atoms with E-state index in [4.69, 9.17) is 0 Å². The van der Waals surface area contributed by atoms with Gasteiger partial charge in [0.25, 0.3) is 5.91 Å². The van der Waals surface area contributed by atoms with Crippen LogP contribution in [0.3, 0.4) is 0 Å². The van der Waals surface area contributed by atoms with E-state index in [-0.39, 0.29) is 42.7 Å². The number of carbonyl (C=O) groups is 1. The van der Waals surface area contributed by atoms with Crippen molar-refractivity contribution in [1.82, 2.24) is 19.2 Å². The Bertz CT molecular complexity index is 1220. The SMILES string of the molecule is O=C(c1ccc(-c2ccccn2)cn1)N1CCN(S(=O)(=O)c2ccc(C(F)(F)F)cc2)CC1. The van der Waals surface area contributed by atoms with Crippen LogP contribution in [0.1, 0.15) is 16.1 Å². The Hall–Kier alpha value is -3.31. The van der Waals surface area contributed by atoms with E-state index >= 15 is 0 Å². The van der Waals surface area contributed by atoms with E-state index in [0.29, 0.717) is 0 Å². The number of hydrogen-bond donors (Lipinski definition) is 0. The first-order valence-electron chi connectivity index (χ1n) is 10.0. The Labute approximate surface area is 188 Å². The molecule has 1 amide bonds. The minimum Gasteiger partial charge on any atom is -0.335 e. The Kier molecular flexibility index (Phi) is 6.17. The van der Waals surface area contributed by atoms with Gasteiger partial charge in [0.1, 0.15) is 5.69 Å². The zero-order valence-electron chi connectivity index (χ0n) is 17.2. The fourth-order valence-corrected chi connectivity index (χ4v) is 4.89. The highest BCUT2D eigenvalue weighted by atomic mass is 32.2. The molecule has 1 aliphatic heterocycles. The van der Waals surface area contributed by atoms with Crippen molar-refractivity contribution in [1.29, 1.82) is 0 Å². The average molecular weight is 476 g/mol. The molecular formula is C22H19F3N4O3S. The first kappa shape index (κ1) is 22.9. The Morgan fingerprint density at radius 1 is 0.879 bits per heavy atom. The maximum atomic E-state index is 12.8. The standard InChI is InChI=1S/C22H19F3N4O3S/c23-22(24,25)17-5-7-18(8-6-17)33(31,32)29-13-11-28(12-14-29)21(30)20-9-4-16(15-27-20)19-3-1-2-10-26-19/h1-10,15H,11-14H2. The van der Waals surface area contributed by atoms with Crippen LogP contribution in [-0.2, 0) is 16.2 Å². The van der Waals surface area contributed by atoms with Crippen LogP contribution in [0.15, 0.2) is 71.9 Å². The molecule has 4 rings (SSSR count). The van der Waals surface area contributed by atoms with Gasteiger partial charge in [0.05, 0.1) is 16.2 Å². The number of hydrogen-bond acceptors (Lipinski definition) is 5. The van der Waals surface area contributed by atoms with Crippen LogP contribution in [0, 0.1) is 0 Å². The second-order valence-corrected chi connectivity index (χ2v) is 9.30. The summed E-state index contributed by atoms with van der Waals surface area (Å²) in [7, 11) is -3.97. The molecule has 7 nitrogen and oxygen atoms in total. The van der Waals surface area contributed by atoms with Crippen LogP contribution < -0.4 is 0 Å². The predicted molar refractivity (Wildman–Crippen MR) is 114 cm³/mol. The third kappa shape index (κ3) is 4.88. The van der Waals surface area contributed by atoms with Gasteiger partial charge in [-0.15, -0.1) is 0 Å². The monoisotopic (exact) mass is 476 g/mol. The number of nitrogens with zero attached hydrogens (tertiary/aromatic N) is 4. The molecular weight excluding hydrogens is 457 g/mol. The van der Waals surface area contributed by atoms with E-state index in [0.717, 1.165) is 39.8 Å². The molecule has 3 aromatic rings. The van der Waals surface area contributed by atoms with E-state index in [1.807, 2.05) is 12.1 Å². The van der Waals surface area contributed by atoms with Gasteiger partial charge in [-0.2, -0.15) is 17.5 Å². The minimum atomic E-state index is -4.54. The minimum absolute atomic E-state index is 0.0289. The van der Waals surface area contributed by atoms with Crippen molar-refractivity contribution in [2.24, 2.45) is 0 Å². The average Bonchev–Trinajstić information content (AvgIpc) is 2.84. The number of alkyl halides is 3. The molecule has 1 aromatic carbocycles. The molecule has 1 aliphatic rings. The fraction of sp³-hybridized carbons (Fsp3) is 0.227. The van der Waals surface area contributed by atoms with Crippen molar-refractivity contribution in [2.45, 2.75) is 11.1 Å². The van der Waals surface area contributed by atoms with Crippen LogP contribution in [0.5, 0.6) is 0 Å². The molecule has 0 atom stereocenters. The Balaban J connectivity index is 1.40. The number of aromatic nitrogens is 2. The highest BCUT2D eigenvalue weighted by Crippen LogP contribution is 2.30. The third-order valence-electron chi connectivity index (χ3n) is 5.29. The quantitative estimate of drug-likeness (QED) is 0.577. The molecule has 0 saturated carbocycles. The number of pyridine rings is 2. The first-order valence-corrected chi connectivity index (χ1v) is 11.4. The summed E-state index contributed by atoms with van der Waals surface area (Å²) < 4.78 is 64.9. The van der Waals surface area contributed by atoms with E-state index in [1.165, 1.54) is 4.90 Å². The maximum Gasteiger partial charge on any atom is 0.416 e. The van der Waals surface area contributed by atoms with Crippen molar-refractivity contribution in [3.8, 4) is 11.3 Å². The van der Waals surface area contributed by atoms with E-state index in [2.05, 4.69) is 9.97 Å². The Morgan fingerprint density at radius 2 is 1.58 bits per heavy atom. The summed E-state index contributed by atoms with van der Waals surface area (Å²) in [5, 5.41) is 0. The van der Waals surface area contributed by atoms with Crippen molar-refractivity contribution in [3.05, 3.63) is 78.2 Å². The van der Waals surface area contributed by atoms with Gasteiger partial charge in [0.15, 0.2) is 0 Å². The second kappa shape index (κ2) is 8.91. The van der Waals surface area contributed by atoms with E-state index in [1.54, 1.807) is 30.6 Å². The summed E-state index contributed by atoms with van der Waals surface area (Å²) in [5.41, 5.74) is 0.804. The van der Waals surface area contributed by atoms with Crippen molar-refractivity contribution in [3.63, 3.8) is 0 Å². The molecule has 1 fully saturated rings. The molecule has 11 heteroatoms. The molecule has 2 aromatic heterocycles. The van der Waals surface area contributed by atoms with Crippen molar-refractivity contribution >= 4 is 15.9 Å². The third-order valence-corrected chi connectivity index (χ3v) is 7.20. The number of carbonyl (C=O) groups excluding carboxylic acids is 1. The summed E-state index contributed by atoms with van der Waals surface area (Å²) in [4.78, 5) is 22.5. The summed E-state index contributed by atoms with van der Waals surface area (Å²) in [5.74, 6) is -0.325. The summed E-state index contributed by atoms with van der Waals surface area (Å²) >= 11 is 0. The molecule has 1 saturated heterocycles. The number of rotatable bonds is 4. The zero-order valence-corrected chi connectivity index (χ0v) is 18.1. The lowest BCUT2D eigenvalue weighted by Crippen LogP contribution is -2.50. The van der Waals surface area contributed by atoms with Gasteiger partial charge in [0, 0.05) is 44.1 Å². The second-order valence-electron chi connectivity index (χ2n) is 7.37. The maximum absolute atomic E-state index is 12.8. The normalized spacial score (nSPS) is 15.4. The molecule has 3 heterocycles. The molecule has 0 spiro atoms. The van der Waals surface area contributed by atoms with Gasteiger partial charge in [-0.25, -0.2) is 8.42 Å². The van der Waals surface area contributed by atoms with Gasteiger partial charge in [0.2, 0.25) is 10.0 Å². The molecule has 0 aliphatic carbocycles. The van der Waals surface area contributed by atoms with Gasteiger partial charge < -0.3 is 4.90 Å². The topological polar surface area (TPSA) is 83.5 Å². The first-order chi connectivity index (χ1) is 15.7. The van der Waals surface area contributed by atoms with Gasteiger partial charge in [-0.3, -0.25) is 14.8 Å². The summed E-state index contributed by atoms with van der Waals surface area (Å²) in [6, 6.07) is 12.2. The molecule has 0 bridgehead atoms. The lowest BCUT2D eigenvalue weighted by molar-refractivity contribution is -0.137. The summed E-state index contributed by atoms with van der Waals surface area (Å²) in [6.45, 7) is 0.340. The van der Waals surface area contributed by atoms with Gasteiger partial charge in [-0.1, -0.05) is 6.07 Å². The van der Waals surface area contributed by atoms with Crippen LogP contribution in [0.2, 0.25) is 0 Å². The van der Waals surface area contributed by atoms with Gasteiger partial charge >= 0.3 is 6.18 Å². The van der Waals surface area contributed by atoms with Crippen LogP contribution >= 0.6 is 0 Å². The van der Waals surface area contributed by atoms with E-state index in [9.17, 15) is 26.4 Å². The number of amides is 1. The van der Waals surface area contributed by atoms with Crippen LogP contribution in [-0.4, -0.2) is 59.7 Å². The van der Waals surface area contributed by atoms with Crippen molar-refractivity contribution in [2.75, 3.05) is 26.2 Å². The molecule has 0 radical (unpaired) electrons. The van der Waals surface area contributed by atoms with E-state index < -0.39 is 21.8 Å². The number of halogens is 3. The lowest BCUT2D eigenvalue weighted by atomic mass is 10.1. The number of benzene rings is 1. The number of sulfonamides is 1. The van der Waals surface area contributed by atoms with Crippen molar-refractivity contribution < 1.29 is 26.4 Å². The van der Waals surface area contributed by atoms with Crippen LogP contribution in [0.25, 0.3) is 11.3 Å². The summed E-state index contributed by atoms with van der Waals surface area (Å²) in [6.07, 6.45) is -1.33.